The van der Waals surface area contributed by atoms with E-state index in [2.05, 4.69) is 79.7 Å². The first-order chi connectivity index (χ1) is 16.3. The Morgan fingerprint density at radius 1 is 0.667 bits per heavy atom. The Labute approximate surface area is 194 Å². The lowest BCUT2D eigenvalue weighted by molar-refractivity contribution is 0.589. The number of hydrogen-bond acceptors (Lipinski definition) is 2. The van der Waals surface area contributed by atoms with Gasteiger partial charge in [-0.05, 0) is 41.0 Å². The van der Waals surface area contributed by atoms with Crippen molar-refractivity contribution in [3.8, 4) is 45.2 Å². The predicted octanol–water partition coefficient (Wildman–Crippen LogP) is 8.47. The summed E-state index contributed by atoms with van der Waals surface area (Å²) in [6, 6.07) is 37.9. The third-order valence-corrected chi connectivity index (χ3v) is 6.60. The summed E-state index contributed by atoms with van der Waals surface area (Å²) >= 11 is 0. The second kappa shape index (κ2) is 8.22. The molecule has 33 heavy (non-hydrogen) atoms. The molecule has 1 aliphatic rings. The van der Waals surface area contributed by atoms with Crippen LogP contribution in [0.1, 0.15) is 24.8 Å². The lowest BCUT2D eigenvalue weighted by Gasteiger charge is -2.09. The van der Waals surface area contributed by atoms with Gasteiger partial charge in [-0.1, -0.05) is 110 Å². The van der Waals surface area contributed by atoms with Crippen molar-refractivity contribution in [1.82, 2.24) is 4.98 Å². The summed E-state index contributed by atoms with van der Waals surface area (Å²) in [5.74, 6) is 2.91. The molecular formula is C31H25NO. The maximum atomic E-state index is 6.50. The Morgan fingerprint density at radius 3 is 1.97 bits per heavy atom. The third-order valence-electron chi connectivity index (χ3n) is 6.60. The lowest BCUT2D eigenvalue weighted by atomic mass is 9.96. The number of nitrogens with zero attached hydrogens (tertiary/aromatic N) is 1. The minimum absolute atomic E-state index is 0.647. The van der Waals surface area contributed by atoms with Crippen LogP contribution >= 0.6 is 0 Å². The van der Waals surface area contributed by atoms with Crippen LogP contribution in [0.25, 0.3) is 45.2 Å². The fraction of sp³-hybridized carbons (Fsp3) is 0.129. The van der Waals surface area contributed by atoms with Gasteiger partial charge >= 0.3 is 0 Å². The molecule has 0 saturated heterocycles. The molecule has 0 radical (unpaired) electrons. The highest BCUT2D eigenvalue weighted by molar-refractivity contribution is 5.84. The number of rotatable bonds is 5. The van der Waals surface area contributed by atoms with Crippen LogP contribution in [0.4, 0.5) is 0 Å². The molecule has 2 heteroatoms. The van der Waals surface area contributed by atoms with E-state index >= 15 is 0 Å². The molecule has 6 rings (SSSR count). The number of hydrogen-bond donors (Lipinski definition) is 0. The lowest BCUT2D eigenvalue weighted by Crippen LogP contribution is -1.88. The van der Waals surface area contributed by atoms with Crippen molar-refractivity contribution in [1.29, 1.82) is 0 Å². The zero-order chi connectivity index (χ0) is 22.2. The molecule has 5 aromatic rings. The number of benzene rings is 4. The van der Waals surface area contributed by atoms with E-state index in [4.69, 9.17) is 9.40 Å². The smallest absolute Gasteiger partial charge is 0.227 e. The van der Waals surface area contributed by atoms with Crippen molar-refractivity contribution in [3.05, 3.63) is 115 Å². The normalized spacial score (nSPS) is 17.1. The number of oxazole rings is 1. The van der Waals surface area contributed by atoms with Crippen LogP contribution in [0.2, 0.25) is 0 Å². The first-order valence-electron chi connectivity index (χ1n) is 11.6. The Balaban J connectivity index is 1.50. The summed E-state index contributed by atoms with van der Waals surface area (Å²) in [5.41, 5.74) is 7.74. The van der Waals surface area contributed by atoms with Gasteiger partial charge in [-0.3, -0.25) is 0 Å². The van der Waals surface area contributed by atoms with Crippen molar-refractivity contribution in [2.75, 3.05) is 0 Å². The minimum atomic E-state index is 0.647. The van der Waals surface area contributed by atoms with Gasteiger partial charge in [0.25, 0.3) is 0 Å². The van der Waals surface area contributed by atoms with Gasteiger partial charge in [-0.15, -0.1) is 0 Å². The average Bonchev–Trinajstić information content (AvgIpc) is 3.45. The van der Waals surface area contributed by atoms with Crippen LogP contribution in [0, 0.1) is 5.92 Å². The van der Waals surface area contributed by atoms with Crippen LogP contribution < -0.4 is 0 Å². The highest BCUT2D eigenvalue weighted by Gasteiger charge is 2.34. The zero-order valence-electron chi connectivity index (χ0n) is 18.6. The highest BCUT2D eigenvalue weighted by Crippen LogP contribution is 2.48. The van der Waals surface area contributed by atoms with E-state index < -0.39 is 0 Å². The molecule has 2 atom stereocenters. The molecule has 0 bridgehead atoms. The quantitative estimate of drug-likeness (QED) is 0.281. The molecule has 160 valence electrons. The van der Waals surface area contributed by atoms with Crippen LogP contribution in [-0.4, -0.2) is 4.98 Å². The van der Waals surface area contributed by atoms with Crippen LogP contribution in [0.15, 0.2) is 114 Å². The van der Waals surface area contributed by atoms with Crippen LogP contribution in [0.5, 0.6) is 0 Å². The van der Waals surface area contributed by atoms with Crippen molar-refractivity contribution >= 4 is 0 Å². The standard InChI is InChI=1S/C31H25NO/c1-21-19-28(21)25-16-10-15-24(20-25)26-17-8-9-18-27(26)31-32-29(22-11-4-2-5-12-22)30(33-31)23-13-6-3-7-14-23/h2-18,20-21,28H,19H2,1H3. The van der Waals surface area contributed by atoms with Gasteiger partial charge in [0.05, 0.1) is 0 Å². The van der Waals surface area contributed by atoms with E-state index in [1.54, 1.807) is 0 Å². The Hall–Kier alpha value is -3.91. The summed E-state index contributed by atoms with van der Waals surface area (Å²) in [4.78, 5) is 5.03. The largest absolute Gasteiger partial charge is 0.435 e. The first kappa shape index (κ1) is 19.8. The van der Waals surface area contributed by atoms with E-state index in [1.165, 1.54) is 17.5 Å². The van der Waals surface area contributed by atoms with Gasteiger partial charge < -0.3 is 4.42 Å². The topological polar surface area (TPSA) is 26.0 Å². The Kier molecular flexibility index (Phi) is 4.92. The molecule has 4 aromatic carbocycles. The first-order valence-corrected chi connectivity index (χ1v) is 11.6. The summed E-state index contributed by atoms with van der Waals surface area (Å²) in [6.07, 6.45) is 1.28. The summed E-state index contributed by atoms with van der Waals surface area (Å²) in [6.45, 7) is 2.33. The fourth-order valence-electron chi connectivity index (χ4n) is 4.66. The summed E-state index contributed by atoms with van der Waals surface area (Å²) in [7, 11) is 0. The average molecular weight is 428 g/mol. The molecule has 0 spiro atoms. The molecule has 0 N–H and O–H groups in total. The van der Waals surface area contributed by atoms with Gasteiger partial charge in [0.15, 0.2) is 5.76 Å². The summed E-state index contributed by atoms with van der Waals surface area (Å²) < 4.78 is 6.50. The van der Waals surface area contributed by atoms with Gasteiger partial charge in [0.2, 0.25) is 5.89 Å². The van der Waals surface area contributed by atoms with E-state index in [0.29, 0.717) is 11.8 Å². The van der Waals surface area contributed by atoms with Gasteiger partial charge in [-0.2, -0.15) is 0 Å². The number of aromatic nitrogens is 1. The molecule has 1 saturated carbocycles. The fourth-order valence-corrected chi connectivity index (χ4v) is 4.66. The Bertz CT molecular complexity index is 1340. The minimum Gasteiger partial charge on any atom is -0.435 e. The van der Waals surface area contributed by atoms with E-state index in [0.717, 1.165) is 39.6 Å². The second-order valence-electron chi connectivity index (χ2n) is 8.92. The molecular weight excluding hydrogens is 402 g/mol. The molecule has 1 heterocycles. The van der Waals surface area contributed by atoms with Crippen LogP contribution in [-0.2, 0) is 0 Å². The van der Waals surface area contributed by atoms with Gasteiger partial charge in [0, 0.05) is 16.7 Å². The maximum absolute atomic E-state index is 6.50. The Morgan fingerprint density at radius 2 is 1.27 bits per heavy atom. The molecule has 0 amide bonds. The molecule has 2 unspecified atom stereocenters. The van der Waals surface area contributed by atoms with Crippen molar-refractivity contribution in [2.24, 2.45) is 5.92 Å². The molecule has 1 aliphatic carbocycles. The predicted molar refractivity (Wildman–Crippen MR) is 135 cm³/mol. The molecule has 2 nitrogen and oxygen atoms in total. The second-order valence-corrected chi connectivity index (χ2v) is 8.92. The van der Waals surface area contributed by atoms with Gasteiger partial charge in [0.1, 0.15) is 5.69 Å². The van der Waals surface area contributed by atoms with Crippen molar-refractivity contribution < 1.29 is 4.42 Å². The zero-order valence-corrected chi connectivity index (χ0v) is 18.6. The molecule has 1 aromatic heterocycles. The van der Waals surface area contributed by atoms with E-state index in [-0.39, 0.29) is 0 Å². The van der Waals surface area contributed by atoms with Crippen molar-refractivity contribution in [2.45, 2.75) is 19.3 Å². The van der Waals surface area contributed by atoms with E-state index in [9.17, 15) is 0 Å². The maximum Gasteiger partial charge on any atom is 0.227 e. The van der Waals surface area contributed by atoms with E-state index in [1.807, 2.05) is 36.4 Å². The third kappa shape index (κ3) is 3.78. The highest BCUT2D eigenvalue weighted by atomic mass is 16.4. The molecule has 1 fully saturated rings. The summed E-state index contributed by atoms with van der Waals surface area (Å²) in [5, 5.41) is 0. The SMILES string of the molecule is CC1CC1c1cccc(-c2ccccc2-c2nc(-c3ccccc3)c(-c3ccccc3)o2)c1. The van der Waals surface area contributed by atoms with Crippen LogP contribution in [0.3, 0.4) is 0 Å². The monoisotopic (exact) mass is 427 g/mol. The van der Waals surface area contributed by atoms with Crippen molar-refractivity contribution in [3.63, 3.8) is 0 Å². The molecule has 0 aliphatic heterocycles. The van der Waals surface area contributed by atoms with Gasteiger partial charge in [-0.25, -0.2) is 4.98 Å².